The van der Waals surface area contributed by atoms with E-state index >= 15 is 0 Å². The normalized spacial score (nSPS) is 24.3. The van der Waals surface area contributed by atoms with E-state index in [0.717, 1.165) is 40.4 Å². The van der Waals surface area contributed by atoms with Crippen molar-refractivity contribution in [1.29, 1.82) is 0 Å². The molecule has 0 aromatic heterocycles. The number of hydrogen-bond acceptors (Lipinski definition) is 5. The number of methoxy groups -OCH3 is 1. The number of carbonyl (C=O) groups excluding carboxylic acids is 2. The molecule has 1 aromatic rings. The lowest BCUT2D eigenvalue weighted by Gasteiger charge is -2.26. The van der Waals surface area contributed by atoms with E-state index in [9.17, 15) is 9.59 Å². The van der Waals surface area contributed by atoms with Crippen molar-refractivity contribution in [3.63, 3.8) is 0 Å². The van der Waals surface area contributed by atoms with E-state index in [0.29, 0.717) is 24.2 Å². The first-order valence-electron chi connectivity index (χ1n) is 9.80. The fraction of sp³-hybridized carbons (Fsp3) is 0.545. The molecule has 0 N–H and O–H groups in total. The van der Waals surface area contributed by atoms with Gasteiger partial charge in [-0.2, -0.15) is 0 Å². The number of allylic oxidation sites excluding steroid dienone is 2. The van der Waals surface area contributed by atoms with E-state index in [1.54, 1.807) is 14.0 Å². The van der Waals surface area contributed by atoms with Crippen LogP contribution in [0.5, 0.6) is 0 Å². The minimum Gasteiger partial charge on any atom is -0.434 e. The van der Waals surface area contributed by atoms with Crippen LogP contribution in [0.2, 0.25) is 0 Å². The van der Waals surface area contributed by atoms with E-state index in [2.05, 4.69) is 28.9 Å². The van der Waals surface area contributed by atoms with E-state index in [1.165, 1.54) is 0 Å². The molecule has 0 saturated heterocycles. The maximum atomic E-state index is 13.2. The Morgan fingerprint density at radius 2 is 2.07 bits per heavy atom. The summed E-state index contributed by atoms with van der Waals surface area (Å²) in [7, 11) is 1.68. The lowest BCUT2D eigenvalue weighted by atomic mass is 9.83. The van der Waals surface area contributed by atoms with E-state index in [4.69, 9.17) is 14.2 Å². The second kappa shape index (κ2) is 8.37. The summed E-state index contributed by atoms with van der Waals surface area (Å²) in [6, 6.07) is 4.08. The molecule has 2 aliphatic rings. The maximum absolute atomic E-state index is 13.2. The molecule has 2 atom stereocenters. The van der Waals surface area contributed by atoms with Crippen molar-refractivity contribution in [2.75, 3.05) is 13.7 Å². The minimum absolute atomic E-state index is 0.00954. The van der Waals surface area contributed by atoms with Gasteiger partial charge in [-0.05, 0) is 56.7 Å². The first kappa shape index (κ1) is 21.1. The minimum atomic E-state index is -0.758. The molecule has 1 aromatic carbocycles. The molecule has 1 fully saturated rings. The van der Waals surface area contributed by atoms with Crippen LogP contribution >= 0.6 is 15.9 Å². The standard InChI is InChI=1S/C22H27BrO5/c1-5-14-9-13(3)10-16(23)18(14)19-17(24)12-22(8-7-15(11-22)26-4)20(19)28-21(25)27-6-2/h9-10,15H,5-8,11-12H2,1-4H3/t15-,22-/m1/s1. The molecular formula is C22H27BrO5. The molecule has 3 rings (SSSR count). The van der Waals surface area contributed by atoms with Gasteiger partial charge in [-0.1, -0.05) is 28.9 Å². The molecule has 5 nitrogen and oxygen atoms in total. The zero-order chi connectivity index (χ0) is 20.5. The van der Waals surface area contributed by atoms with Gasteiger partial charge in [-0.3, -0.25) is 4.79 Å². The van der Waals surface area contributed by atoms with E-state index in [1.807, 2.05) is 13.0 Å². The molecule has 28 heavy (non-hydrogen) atoms. The third-order valence-corrected chi connectivity index (χ3v) is 6.40. The summed E-state index contributed by atoms with van der Waals surface area (Å²) in [4.78, 5) is 25.5. The lowest BCUT2D eigenvalue weighted by Crippen LogP contribution is -2.23. The number of benzene rings is 1. The van der Waals surface area contributed by atoms with Gasteiger partial charge in [0.1, 0.15) is 5.76 Å². The average molecular weight is 451 g/mol. The van der Waals surface area contributed by atoms with Crippen LogP contribution in [0.25, 0.3) is 5.57 Å². The molecule has 1 spiro atoms. The van der Waals surface area contributed by atoms with Crippen molar-refractivity contribution in [3.05, 3.63) is 39.1 Å². The summed E-state index contributed by atoms with van der Waals surface area (Å²) in [5.41, 5.74) is 3.00. The average Bonchev–Trinajstić information content (AvgIpc) is 3.16. The number of ketones is 1. The summed E-state index contributed by atoms with van der Waals surface area (Å²) in [6.45, 7) is 6.03. The fourth-order valence-electron chi connectivity index (χ4n) is 4.53. The first-order chi connectivity index (χ1) is 13.3. The van der Waals surface area contributed by atoms with Crippen LogP contribution < -0.4 is 0 Å². The molecule has 6 heteroatoms. The van der Waals surface area contributed by atoms with Crippen LogP contribution in [-0.4, -0.2) is 31.8 Å². The Morgan fingerprint density at radius 3 is 2.68 bits per heavy atom. The van der Waals surface area contributed by atoms with Crippen molar-refractivity contribution in [1.82, 2.24) is 0 Å². The van der Waals surface area contributed by atoms with E-state index < -0.39 is 11.6 Å². The zero-order valence-electron chi connectivity index (χ0n) is 16.9. The Labute approximate surface area is 174 Å². The van der Waals surface area contributed by atoms with Gasteiger partial charge in [-0.15, -0.1) is 0 Å². The molecule has 152 valence electrons. The van der Waals surface area contributed by atoms with Crippen LogP contribution in [0.3, 0.4) is 0 Å². The van der Waals surface area contributed by atoms with Gasteiger partial charge in [-0.25, -0.2) is 4.79 Å². The predicted octanol–water partition coefficient (Wildman–Crippen LogP) is 5.36. The number of Topliss-reactive ketones (excluding diaryl/α,β-unsaturated/α-hetero) is 1. The Hall–Kier alpha value is -1.66. The van der Waals surface area contributed by atoms with Gasteiger partial charge in [0.05, 0.1) is 18.3 Å². The van der Waals surface area contributed by atoms with Crippen molar-refractivity contribution < 1.29 is 23.8 Å². The summed E-state index contributed by atoms with van der Waals surface area (Å²) in [6.07, 6.45) is 2.65. The SMILES string of the molecule is CCOC(=O)OC1=C(c2c(Br)cc(C)cc2CC)C(=O)C[C@]12CC[C@@H](OC)C2. The molecule has 0 radical (unpaired) electrons. The number of carbonyl (C=O) groups is 2. The third kappa shape index (κ3) is 3.77. The van der Waals surface area contributed by atoms with Crippen molar-refractivity contribution in [3.8, 4) is 0 Å². The summed E-state index contributed by atoms with van der Waals surface area (Å²) in [5, 5.41) is 0. The number of hydrogen-bond donors (Lipinski definition) is 0. The van der Waals surface area contributed by atoms with Gasteiger partial charge < -0.3 is 14.2 Å². The smallest absolute Gasteiger partial charge is 0.434 e. The quantitative estimate of drug-likeness (QED) is 0.564. The second-order valence-electron chi connectivity index (χ2n) is 7.60. The van der Waals surface area contributed by atoms with Gasteiger partial charge in [0.25, 0.3) is 0 Å². The summed E-state index contributed by atoms with van der Waals surface area (Å²) < 4.78 is 17.1. The second-order valence-corrected chi connectivity index (χ2v) is 8.46. The summed E-state index contributed by atoms with van der Waals surface area (Å²) in [5.74, 6) is 0.463. The predicted molar refractivity (Wildman–Crippen MR) is 110 cm³/mol. The fourth-order valence-corrected chi connectivity index (χ4v) is 5.34. The maximum Gasteiger partial charge on any atom is 0.513 e. The molecule has 1 saturated carbocycles. The Kier molecular flexibility index (Phi) is 6.30. The van der Waals surface area contributed by atoms with Gasteiger partial charge in [0.15, 0.2) is 5.78 Å². The van der Waals surface area contributed by atoms with Crippen molar-refractivity contribution in [2.45, 2.75) is 59.0 Å². The molecule has 2 aliphatic carbocycles. The summed E-state index contributed by atoms with van der Waals surface area (Å²) >= 11 is 3.64. The number of aryl methyl sites for hydroxylation is 2. The lowest BCUT2D eigenvalue weighted by molar-refractivity contribution is -0.114. The zero-order valence-corrected chi connectivity index (χ0v) is 18.5. The monoisotopic (exact) mass is 450 g/mol. The van der Waals surface area contributed by atoms with Crippen LogP contribution in [0.1, 0.15) is 56.2 Å². The molecule has 0 unspecified atom stereocenters. The van der Waals surface area contributed by atoms with Crippen LogP contribution in [-0.2, 0) is 25.4 Å². The van der Waals surface area contributed by atoms with Crippen molar-refractivity contribution in [2.24, 2.45) is 5.41 Å². The van der Waals surface area contributed by atoms with Gasteiger partial charge in [0, 0.05) is 29.0 Å². The largest absolute Gasteiger partial charge is 0.513 e. The topological polar surface area (TPSA) is 61.8 Å². The number of rotatable bonds is 5. The Morgan fingerprint density at radius 1 is 1.32 bits per heavy atom. The highest BCUT2D eigenvalue weighted by molar-refractivity contribution is 9.10. The highest BCUT2D eigenvalue weighted by atomic mass is 79.9. The molecular weight excluding hydrogens is 424 g/mol. The number of halogens is 1. The molecule has 0 heterocycles. The van der Waals surface area contributed by atoms with E-state index in [-0.39, 0.29) is 18.5 Å². The highest BCUT2D eigenvalue weighted by Gasteiger charge is 2.53. The van der Waals surface area contributed by atoms with Crippen LogP contribution in [0, 0.1) is 12.3 Å². The van der Waals surface area contributed by atoms with Gasteiger partial charge >= 0.3 is 6.16 Å². The van der Waals surface area contributed by atoms with Crippen LogP contribution in [0.15, 0.2) is 22.4 Å². The Balaban J connectivity index is 2.18. The van der Waals surface area contributed by atoms with Gasteiger partial charge in [0.2, 0.25) is 0 Å². The number of ether oxygens (including phenoxy) is 3. The molecule has 0 amide bonds. The third-order valence-electron chi connectivity index (χ3n) is 5.78. The Bertz CT molecular complexity index is 828. The first-order valence-corrected chi connectivity index (χ1v) is 10.6. The van der Waals surface area contributed by atoms with Crippen LogP contribution in [0.4, 0.5) is 4.79 Å². The van der Waals surface area contributed by atoms with Crippen molar-refractivity contribution >= 4 is 33.4 Å². The highest BCUT2D eigenvalue weighted by Crippen LogP contribution is 2.56. The molecule has 0 aliphatic heterocycles. The molecule has 0 bridgehead atoms.